The molecule has 1 aromatic carbocycles. The third-order valence-corrected chi connectivity index (χ3v) is 6.82. The minimum Gasteiger partial charge on any atom is -0.351 e. The lowest BCUT2D eigenvalue weighted by atomic mass is 9.46. The number of hydrogen-bond donors (Lipinski definition) is 2. The third-order valence-electron chi connectivity index (χ3n) is 6.82. The lowest BCUT2D eigenvalue weighted by Gasteiger charge is -2.61. The Morgan fingerprint density at radius 1 is 1.04 bits per heavy atom. The van der Waals surface area contributed by atoms with Crippen LogP contribution in [0.1, 0.15) is 45.4 Å². The van der Waals surface area contributed by atoms with Gasteiger partial charge >= 0.3 is 0 Å². The van der Waals surface area contributed by atoms with Gasteiger partial charge in [-0.3, -0.25) is 9.59 Å². The summed E-state index contributed by atoms with van der Waals surface area (Å²) in [6, 6.07) is 11.8. The molecule has 140 valence electrons. The maximum absolute atomic E-state index is 13.4. The van der Waals surface area contributed by atoms with Crippen LogP contribution in [0.4, 0.5) is 5.82 Å². The van der Waals surface area contributed by atoms with Crippen LogP contribution >= 0.6 is 0 Å². The van der Waals surface area contributed by atoms with Crippen LogP contribution in [0.15, 0.2) is 36.4 Å². The average molecular weight is 363 g/mol. The molecule has 4 bridgehead atoms. The summed E-state index contributed by atoms with van der Waals surface area (Å²) in [4.78, 5) is 29.8. The highest BCUT2D eigenvalue weighted by molar-refractivity contribution is 5.96. The lowest BCUT2D eigenvalue weighted by molar-refractivity contribution is -0.148. The second-order valence-electron chi connectivity index (χ2n) is 9.05. The van der Waals surface area contributed by atoms with E-state index >= 15 is 0 Å². The average Bonchev–Trinajstić information content (AvgIpc) is 2.59. The Hall–Kier alpha value is -2.43. The van der Waals surface area contributed by atoms with Gasteiger partial charge in [-0.05, 0) is 68.6 Å². The van der Waals surface area contributed by atoms with E-state index in [-0.39, 0.29) is 22.8 Å². The van der Waals surface area contributed by atoms with E-state index in [0.717, 1.165) is 43.0 Å². The second kappa shape index (κ2) is 5.78. The smallest absolute Gasteiger partial charge is 0.231 e. The summed E-state index contributed by atoms with van der Waals surface area (Å²) in [7, 11) is 0. The number of anilines is 1. The fourth-order valence-electron chi connectivity index (χ4n) is 6.43. The molecule has 2 unspecified atom stereocenters. The van der Waals surface area contributed by atoms with Gasteiger partial charge in [0.25, 0.3) is 0 Å². The van der Waals surface area contributed by atoms with Crippen molar-refractivity contribution < 1.29 is 9.59 Å². The highest BCUT2D eigenvalue weighted by Gasteiger charge is 2.60. The van der Waals surface area contributed by atoms with Gasteiger partial charge in [0.1, 0.15) is 5.82 Å². The molecule has 4 aliphatic rings. The Labute approximate surface area is 158 Å². The van der Waals surface area contributed by atoms with Crippen molar-refractivity contribution in [2.75, 3.05) is 5.32 Å². The number of carbonyl (C=O) groups excluding carboxylic acids is 2. The van der Waals surface area contributed by atoms with Crippen LogP contribution < -0.4 is 10.6 Å². The molecule has 2 amide bonds. The Bertz CT molecular complexity index is 924. The standard InChI is InChI=1S/C22H25N3O2/c1-14(26)25-22-11-15-8-16(12-22)10-21(9-15,13-22)20(27)24-19-7-6-17-4-2-3-5-18(17)23-19/h2-7,15-16H,8-13H2,1H3,(H,25,26)(H,23,24,27)/t15-,16+,21?,22?. The first-order chi connectivity index (χ1) is 13.0. The van der Waals surface area contributed by atoms with E-state index in [1.807, 2.05) is 36.4 Å². The first-order valence-electron chi connectivity index (χ1n) is 9.91. The zero-order valence-corrected chi connectivity index (χ0v) is 15.6. The lowest BCUT2D eigenvalue weighted by Crippen LogP contribution is -2.65. The molecule has 2 N–H and O–H groups in total. The van der Waals surface area contributed by atoms with E-state index in [1.165, 1.54) is 6.42 Å². The Morgan fingerprint density at radius 3 is 2.52 bits per heavy atom. The number of fused-ring (bicyclic) bond motifs is 1. The van der Waals surface area contributed by atoms with Crippen LogP contribution in [-0.4, -0.2) is 22.3 Å². The SMILES string of the molecule is CC(=O)NC12C[C@H]3C[C@@H](C1)CC(C(=O)Nc1ccc4ccccc4n1)(C3)C2. The maximum Gasteiger partial charge on any atom is 0.231 e. The number of rotatable bonds is 3. The largest absolute Gasteiger partial charge is 0.351 e. The summed E-state index contributed by atoms with van der Waals surface area (Å²) < 4.78 is 0. The molecule has 4 atom stereocenters. The van der Waals surface area contributed by atoms with Crippen molar-refractivity contribution in [1.82, 2.24) is 10.3 Å². The predicted octanol–water partition coefficient (Wildman–Crippen LogP) is 3.65. The molecule has 1 aromatic heterocycles. The zero-order valence-electron chi connectivity index (χ0n) is 15.6. The molecule has 4 saturated carbocycles. The predicted molar refractivity (Wildman–Crippen MR) is 104 cm³/mol. The van der Waals surface area contributed by atoms with E-state index in [2.05, 4.69) is 15.6 Å². The summed E-state index contributed by atoms with van der Waals surface area (Å²) in [5.74, 6) is 1.78. The Balaban J connectivity index is 1.42. The van der Waals surface area contributed by atoms with Crippen molar-refractivity contribution in [1.29, 1.82) is 0 Å². The quantitative estimate of drug-likeness (QED) is 0.874. The molecule has 0 radical (unpaired) electrons. The van der Waals surface area contributed by atoms with Crippen molar-refractivity contribution >= 4 is 28.5 Å². The third kappa shape index (κ3) is 2.80. The summed E-state index contributed by atoms with van der Waals surface area (Å²) in [5, 5.41) is 7.38. The molecule has 5 heteroatoms. The van der Waals surface area contributed by atoms with E-state index in [9.17, 15) is 9.59 Å². The number of aromatic nitrogens is 1. The minimum absolute atomic E-state index is 0.0173. The number of carbonyl (C=O) groups is 2. The first-order valence-corrected chi connectivity index (χ1v) is 9.91. The molecule has 4 fully saturated rings. The van der Waals surface area contributed by atoms with Gasteiger partial charge < -0.3 is 10.6 Å². The number of hydrogen-bond acceptors (Lipinski definition) is 3. The molecular formula is C22H25N3O2. The molecule has 5 nitrogen and oxygen atoms in total. The number of para-hydroxylation sites is 1. The number of nitrogens with one attached hydrogen (secondary N) is 2. The van der Waals surface area contributed by atoms with Crippen molar-refractivity contribution in [3.63, 3.8) is 0 Å². The minimum atomic E-state index is -0.375. The van der Waals surface area contributed by atoms with Crippen LogP contribution in [0.3, 0.4) is 0 Å². The van der Waals surface area contributed by atoms with Gasteiger partial charge in [0, 0.05) is 17.8 Å². The Kier molecular flexibility index (Phi) is 3.58. The van der Waals surface area contributed by atoms with Crippen LogP contribution in [0, 0.1) is 17.3 Å². The van der Waals surface area contributed by atoms with Crippen LogP contribution in [0.5, 0.6) is 0 Å². The molecule has 0 spiro atoms. The normalized spacial score (nSPS) is 33.8. The Morgan fingerprint density at radius 2 is 1.78 bits per heavy atom. The molecule has 0 saturated heterocycles. The van der Waals surface area contributed by atoms with Crippen LogP contribution in [0.25, 0.3) is 10.9 Å². The van der Waals surface area contributed by atoms with E-state index in [0.29, 0.717) is 17.7 Å². The van der Waals surface area contributed by atoms with E-state index in [1.54, 1.807) is 6.92 Å². The van der Waals surface area contributed by atoms with Gasteiger partial charge in [-0.15, -0.1) is 0 Å². The molecule has 2 aromatic rings. The fraction of sp³-hybridized carbons (Fsp3) is 0.500. The van der Waals surface area contributed by atoms with Gasteiger partial charge in [0.15, 0.2) is 0 Å². The number of benzene rings is 1. The molecule has 27 heavy (non-hydrogen) atoms. The monoisotopic (exact) mass is 363 g/mol. The zero-order chi connectivity index (χ0) is 18.6. The van der Waals surface area contributed by atoms with E-state index in [4.69, 9.17) is 0 Å². The van der Waals surface area contributed by atoms with Crippen molar-refractivity contribution in [3.8, 4) is 0 Å². The molecule has 1 heterocycles. The highest BCUT2D eigenvalue weighted by Crippen LogP contribution is 2.61. The van der Waals surface area contributed by atoms with Crippen molar-refractivity contribution in [2.45, 2.75) is 51.0 Å². The second-order valence-corrected chi connectivity index (χ2v) is 9.05. The number of nitrogens with zero attached hydrogens (tertiary/aromatic N) is 1. The van der Waals surface area contributed by atoms with Crippen molar-refractivity contribution in [3.05, 3.63) is 36.4 Å². The summed E-state index contributed by atoms with van der Waals surface area (Å²) in [5.41, 5.74) is 0.319. The van der Waals surface area contributed by atoms with Gasteiger partial charge in [-0.25, -0.2) is 4.98 Å². The summed E-state index contributed by atoms with van der Waals surface area (Å²) >= 11 is 0. The van der Waals surface area contributed by atoms with Crippen LogP contribution in [0.2, 0.25) is 0 Å². The number of pyridine rings is 1. The maximum atomic E-state index is 13.4. The van der Waals surface area contributed by atoms with E-state index < -0.39 is 0 Å². The molecular weight excluding hydrogens is 338 g/mol. The summed E-state index contributed by atoms with van der Waals surface area (Å²) in [6.07, 6.45) is 5.86. The summed E-state index contributed by atoms with van der Waals surface area (Å²) in [6.45, 7) is 1.59. The number of amides is 2. The van der Waals surface area contributed by atoms with Gasteiger partial charge in [0.2, 0.25) is 11.8 Å². The van der Waals surface area contributed by atoms with Gasteiger partial charge in [0.05, 0.1) is 10.9 Å². The fourth-order valence-corrected chi connectivity index (χ4v) is 6.43. The van der Waals surface area contributed by atoms with Gasteiger partial charge in [-0.1, -0.05) is 18.2 Å². The first kappa shape index (κ1) is 16.7. The van der Waals surface area contributed by atoms with Crippen molar-refractivity contribution in [2.24, 2.45) is 17.3 Å². The molecule has 0 aliphatic heterocycles. The van der Waals surface area contributed by atoms with Gasteiger partial charge in [-0.2, -0.15) is 0 Å². The highest BCUT2D eigenvalue weighted by atomic mass is 16.2. The molecule has 4 aliphatic carbocycles. The van der Waals surface area contributed by atoms with Crippen LogP contribution in [-0.2, 0) is 9.59 Å². The molecule has 6 rings (SSSR count). The topological polar surface area (TPSA) is 71.1 Å².